The van der Waals surface area contributed by atoms with Gasteiger partial charge in [-0.2, -0.15) is 0 Å². The molecule has 0 unspecified atom stereocenters. The second-order valence-corrected chi connectivity index (χ2v) is 7.82. The minimum Gasteiger partial charge on any atom is -0.444 e. The molecular formula is C18H28N2O2. The van der Waals surface area contributed by atoms with E-state index in [1.807, 2.05) is 13.1 Å². The molecule has 4 heteroatoms. The van der Waals surface area contributed by atoms with E-state index in [2.05, 4.69) is 9.88 Å². The van der Waals surface area contributed by atoms with Crippen LogP contribution in [0.2, 0.25) is 0 Å². The van der Waals surface area contributed by atoms with E-state index in [4.69, 9.17) is 4.42 Å². The van der Waals surface area contributed by atoms with Crippen LogP contribution in [-0.4, -0.2) is 33.2 Å². The molecule has 4 rings (SSSR count). The molecule has 1 aromatic heterocycles. The topological polar surface area (TPSA) is 49.5 Å². The Morgan fingerprint density at radius 3 is 2.91 bits per heavy atom. The third kappa shape index (κ3) is 2.83. The summed E-state index contributed by atoms with van der Waals surface area (Å²) in [5.41, 5.74) is -0.499. The second-order valence-electron chi connectivity index (χ2n) is 7.82. The summed E-state index contributed by atoms with van der Waals surface area (Å²) < 4.78 is 5.94. The number of aliphatic hydroxyl groups is 1. The van der Waals surface area contributed by atoms with Crippen LogP contribution in [0.3, 0.4) is 0 Å². The summed E-state index contributed by atoms with van der Waals surface area (Å²) in [6.07, 6.45) is 11.4. The first-order chi connectivity index (χ1) is 10.6. The molecule has 4 nitrogen and oxygen atoms in total. The normalized spacial score (nSPS) is 36.8. The number of hydrogen-bond donors (Lipinski definition) is 1. The van der Waals surface area contributed by atoms with Gasteiger partial charge in [0.15, 0.2) is 0 Å². The van der Waals surface area contributed by atoms with Gasteiger partial charge in [-0.25, -0.2) is 4.98 Å². The Morgan fingerprint density at radius 1 is 1.27 bits per heavy atom. The van der Waals surface area contributed by atoms with Gasteiger partial charge in [0, 0.05) is 17.9 Å². The van der Waals surface area contributed by atoms with Crippen molar-refractivity contribution in [3.63, 3.8) is 0 Å². The van der Waals surface area contributed by atoms with Crippen LogP contribution in [-0.2, 0) is 6.54 Å². The zero-order chi connectivity index (χ0) is 15.2. The molecule has 0 amide bonds. The minimum absolute atomic E-state index is 0.404. The van der Waals surface area contributed by atoms with Gasteiger partial charge in [-0.15, -0.1) is 0 Å². The smallest absolute Gasteiger partial charge is 0.208 e. The lowest BCUT2D eigenvalue weighted by atomic mass is 9.72. The monoisotopic (exact) mass is 304 g/mol. The van der Waals surface area contributed by atoms with Crippen LogP contribution in [0.1, 0.15) is 75.9 Å². The summed E-state index contributed by atoms with van der Waals surface area (Å²) in [7, 11) is 0. The molecule has 0 spiro atoms. The van der Waals surface area contributed by atoms with Gasteiger partial charge >= 0.3 is 0 Å². The van der Waals surface area contributed by atoms with Crippen molar-refractivity contribution in [2.45, 2.75) is 82.4 Å². The Hall–Kier alpha value is -0.870. The Labute approximate surface area is 132 Å². The standard InChI is InChI=1S/C18H28N2O2/c1-18(21)9-3-2-5-14(18)15-6-4-10-20(15)12-17-19-11-16(22-17)13-7-8-13/h11,13-15,21H,2-10,12H2,1H3/t14-,15+,18+/m1/s1. The van der Waals surface area contributed by atoms with Crippen molar-refractivity contribution >= 4 is 0 Å². The Balaban J connectivity index is 1.45. The van der Waals surface area contributed by atoms with Crippen LogP contribution in [0.5, 0.6) is 0 Å². The van der Waals surface area contributed by atoms with Crippen LogP contribution >= 0.6 is 0 Å². The van der Waals surface area contributed by atoms with Crippen LogP contribution in [0, 0.1) is 5.92 Å². The third-order valence-electron chi connectivity index (χ3n) is 6.02. The highest BCUT2D eigenvalue weighted by Gasteiger charge is 2.43. The number of hydrogen-bond acceptors (Lipinski definition) is 4. The lowest BCUT2D eigenvalue weighted by Gasteiger charge is -2.43. The number of likely N-dealkylation sites (tertiary alicyclic amines) is 1. The van der Waals surface area contributed by atoms with E-state index in [0.717, 1.165) is 37.6 Å². The molecule has 0 bridgehead atoms. The predicted octanol–water partition coefficient (Wildman–Crippen LogP) is 3.46. The highest BCUT2D eigenvalue weighted by atomic mass is 16.4. The Kier molecular flexibility index (Phi) is 3.77. The van der Waals surface area contributed by atoms with E-state index >= 15 is 0 Å². The Morgan fingerprint density at radius 2 is 2.14 bits per heavy atom. The lowest BCUT2D eigenvalue weighted by molar-refractivity contribution is -0.0636. The SMILES string of the molecule is C[C@]1(O)CCCC[C@@H]1[C@@H]1CCCN1Cc1ncc(C2CC2)o1. The third-order valence-corrected chi connectivity index (χ3v) is 6.02. The van der Waals surface area contributed by atoms with Crippen molar-refractivity contribution in [2.75, 3.05) is 6.54 Å². The molecule has 2 aliphatic carbocycles. The molecule has 0 radical (unpaired) electrons. The number of rotatable bonds is 4. The van der Waals surface area contributed by atoms with Crippen molar-refractivity contribution in [3.05, 3.63) is 17.8 Å². The number of aromatic nitrogens is 1. The molecule has 3 atom stereocenters. The fourth-order valence-electron chi connectivity index (χ4n) is 4.58. The summed E-state index contributed by atoms with van der Waals surface area (Å²) in [4.78, 5) is 6.99. The molecule has 3 aliphatic rings. The van der Waals surface area contributed by atoms with Crippen molar-refractivity contribution in [1.82, 2.24) is 9.88 Å². The van der Waals surface area contributed by atoms with Gasteiger partial charge in [0.1, 0.15) is 5.76 Å². The molecule has 0 aromatic carbocycles. The van der Waals surface area contributed by atoms with Gasteiger partial charge in [-0.05, 0) is 52.0 Å². The molecule has 2 heterocycles. The fourth-order valence-corrected chi connectivity index (χ4v) is 4.58. The predicted molar refractivity (Wildman–Crippen MR) is 84.5 cm³/mol. The quantitative estimate of drug-likeness (QED) is 0.925. The first-order valence-corrected chi connectivity index (χ1v) is 9.04. The maximum absolute atomic E-state index is 10.8. The highest BCUT2D eigenvalue weighted by Crippen LogP contribution is 2.42. The molecule has 1 saturated heterocycles. The molecule has 122 valence electrons. The van der Waals surface area contributed by atoms with Crippen molar-refractivity contribution in [3.8, 4) is 0 Å². The molecule has 22 heavy (non-hydrogen) atoms. The van der Waals surface area contributed by atoms with Crippen LogP contribution in [0.4, 0.5) is 0 Å². The Bertz CT molecular complexity index is 521. The van der Waals surface area contributed by atoms with Gasteiger partial charge in [0.2, 0.25) is 5.89 Å². The molecule has 3 fully saturated rings. The molecule has 1 N–H and O–H groups in total. The zero-order valence-electron chi connectivity index (χ0n) is 13.6. The van der Waals surface area contributed by atoms with Gasteiger partial charge in [0.25, 0.3) is 0 Å². The first kappa shape index (κ1) is 14.7. The molecule has 2 saturated carbocycles. The van der Waals surface area contributed by atoms with Crippen molar-refractivity contribution < 1.29 is 9.52 Å². The van der Waals surface area contributed by atoms with Crippen molar-refractivity contribution in [2.24, 2.45) is 5.92 Å². The summed E-state index contributed by atoms with van der Waals surface area (Å²) in [6.45, 7) is 3.96. The summed E-state index contributed by atoms with van der Waals surface area (Å²) in [6, 6.07) is 0.492. The molecular weight excluding hydrogens is 276 g/mol. The largest absolute Gasteiger partial charge is 0.444 e. The minimum atomic E-state index is -0.499. The molecule has 1 aliphatic heterocycles. The van der Waals surface area contributed by atoms with Crippen LogP contribution in [0.25, 0.3) is 0 Å². The maximum atomic E-state index is 10.8. The zero-order valence-corrected chi connectivity index (χ0v) is 13.6. The van der Waals surface area contributed by atoms with Gasteiger partial charge in [0.05, 0.1) is 18.3 Å². The van der Waals surface area contributed by atoms with Gasteiger partial charge in [-0.3, -0.25) is 4.90 Å². The fraction of sp³-hybridized carbons (Fsp3) is 0.833. The van der Waals surface area contributed by atoms with E-state index in [0.29, 0.717) is 17.9 Å². The van der Waals surface area contributed by atoms with E-state index in [1.54, 1.807) is 0 Å². The van der Waals surface area contributed by atoms with Crippen LogP contribution in [0.15, 0.2) is 10.6 Å². The summed E-state index contributed by atoms with van der Waals surface area (Å²) >= 11 is 0. The van der Waals surface area contributed by atoms with E-state index in [9.17, 15) is 5.11 Å². The number of nitrogens with zero attached hydrogens (tertiary/aromatic N) is 2. The maximum Gasteiger partial charge on any atom is 0.208 e. The van der Waals surface area contributed by atoms with E-state index < -0.39 is 5.60 Å². The van der Waals surface area contributed by atoms with Gasteiger partial charge in [-0.1, -0.05) is 12.8 Å². The van der Waals surface area contributed by atoms with E-state index in [1.165, 1.54) is 38.5 Å². The lowest BCUT2D eigenvalue weighted by Crippen LogP contribution is -2.48. The van der Waals surface area contributed by atoms with E-state index in [-0.39, 0.29) is 0 Å². The number of oxazole rings is 1. The van der Waals surface area contributed by atoms with Crippen molar-refractivity contribution in [1.29, 1.82) is 0 Å². The van der Waals surface area contributed by atoms with Crippen LogP contribution < -0.4 is 0 Å². The first-order valence-electron chi connectivity index (χ1n) is 9.04. The highest BCUT2D eigenvalue weighted by molar-refractivity contribution is 5.08. The summed E-state index contributed by atoms with van der Waals surface area (Å²) in [5, 5.41) is 10.8. The van der Waals surface area contributed by atoms with Gasteiger partial charge < -0.3 is 9.52 Å². The summed E-state index contributed by atoms with van der Waals surface area (Å²) in [5.74, 6) is 2.98. The second kappa shape index (κ2) is 5.64. The average molecular weight is 304 g/mol. The average Bonchev–Trinajstić information content (AvgIpc) is 3.07. The molecule has 1 aromatic rings.